The van der Waals surface area contributed by atoms with E-state index in [0.717, 1.165) is 0 Å². The third kappa shape index (κ3) is 2.76. The minimum absolute atomic E-state index is 0.0449. The summed E-state index contributed by atoms with van der Waals surface area (Å²) in [5.41, 5.74) is 0.0354. The molecular formula is C13H12FNO2. The van der Waals surface area contributed by atoms with Crippen molar-refractivity contribution in [3.8, 4) is 6.07 Å². The van der Waals surface area contributed by atoms with Crippen LogP contribution < -0.4 is 0 Å². The Morgan fingerprint density at radius 1 is 1.29 bits per heavy atom. The first-order valence-electron chi connectivity index (χ1n) is 5.20. The van der Waals surface area contributed by atoms with E-state index in [2.05, 4.69) is 0 Å². The Kier molecular flexibility index (Phi) is 4.11. The van der Waals surface area contributed by atoms with Gasteiger partial charge in [-0.25, -0.2) is 4.39 Å². The summed E-state index contributed by atoms with van der Waals surface area (Å²) < 4.78 is 13.6. The maximum atomic E-state index is 13.6. The molecule has 1 atom stereocenters. The zero-order valence-corrected chi connectivity index (χ0v) is 9.61. The summed E-state index contributed by atoms with van der Waals surface area (Å²) in [6, 6.07) is 7.67. The lowest BCUT2D eigenvalue weighted by molar-refractivity contribution is -0.125. The Labute approximate surface area is 98.9 Å². The van der Waals surface area contributed by atoms with Crippen LogP contribution in [0.15, 0.2) is 24.3 Å². The first-order chi connectivity index (χ1) is 7.99. The molecule has 4 heteroatoms. The number of halogens is 1. The van der Waals surface area contributed by atoms with Gasteiger partial charge < -0.3 is 0 Å². The Bertz CT molecular complexity index is 488. The average molecular weight is 233 g/mol. The van der Waals surface area contributed by atoms with Gasteiger partial charge in [-0.2, -0.15) is 5.26 Å². The molecule has 1 rings (SSSR count). The Morgan fingerprint density at radius 2 is 1.88 bits per heavy atom. The average Bonchev–Trinajstić information content (AvgIpc) is 2.35. The Balaban J connectivity index is 3.06. The van der Waals surface area contributed by atoms with Crippen LogP contribution in [-0.2, 0) is 4.79 Å². The first-order valence-corrected chi connectivity index (χ1v) is 5.20. The molecule has 88 valence electrons. The van der Waals surface area contributed by atoms with Crippen molar-refractivity contribution in [1.29, 1.82) is 5.26 Å². The van der Waals surface area contributed by atoms with Gasteiger partial charge in [-0.1, -0.05) is 26.0 Å². The van der Waals surface area contributed by atoms with Crippen molar-refractivity contribution in [2.75, 3.05) is 0 Å². The van der Waals surface area contributed by atoms with E-state index in [-0.39, 0.29) is 11.1 Å². The number of ketones is 2. The Morgan fingerprint density at radius 3 is 2.41 bits per heavy atom. The van der Waals surface area contributed by atoms with E-state index < -0.39 is 23.7 Å². The van der Waals surface area contributed by atoms with Gasteiger partial charge in [0.2, 0.25) is 12.0 Å². The lowest BCUT2D eigenvalue weighted by atomic mass is 9.95. The minimum atomic E-state index is -2.19. The highest BCUT2D eigenvalue weighted by molar-refractivity contribution is 6.14. The van der Waals surface area contributed by atoms with Crippen LogP contribution in [0.1, 0.15) is 29.8 Å². The molecule has 0 aliphatic rings. The predicted octanol–water partition coefficient (Wildman–Crippen LogP) is 2.30. The molecule has 0 spiro atoms. The van der Waals surface area contributed by atoms with Crippen LogP contribution in [0.25, 0.3) is 0 Å². The van der Waals surface area contributed by atoms with Gasteiger partial charge in [0.1, 0.15) is 0 Å². The van der Waals surface area contributed by atoms with E-state index in [9.17, 15) is 14.0 Å². The number of nitriles is 1. The van der Waals surface area contributed by atoms with Gasteiger partial charge in [0.05, 0.1) is 11.6 Å². The standard InChI is InChI=1S/C13H12FNO2/c1-8(2)12(16)11(14)13(17)10-6-4-3-5-9(10)7-15/h3-6,8,11H,1-2H3. The highest BCUT2D eigenvalue weighted by Gasteiger charge is 2.30. The first kappa shape index (κ1) is 13.0. The zero-order valence-electron chi connectivity index (χ0n) is 9.61. The molecule has 1 aromatic rings. The summed E-state index contributed by atoms with van der Waals surface area (Å²) in [5, 5.41) is 8.79. The molecule has 1 aromatic carbocycles. The smallest absolute Gasteiger partial charge is 0.221 e. The summed E-state index contributed by atoms with van der Waals surface area (Å²) in [4.78, 5) is 23.1. The zero-order chi connectivity index (χ0) is 13.0. The monoisotopic (exact) mass is 233 g/mol. The van der Waals surface area contributed by atoms with E-state index in [0.29, 0.717) is 0 Å². The molecular weight excluding hydrogens is 221 g/mol. The highest BCUT2D eigenvalue weighted by Crippen LogP contribution is 2.14. The van der Waals surface area contributed by atoms with Crippen molar-refractivity contribution < 1.29 is 14.0 Å². The number of carbonyl (C=O) groups excluding carboxylic acids is 2. The fraction of sp³-hybridized carbons (Fsp3) is 0.308. The molecule has 0 aliphatic heterocycles. The molecule has 0 radical (unpaired) electrons. The van der Waals surface area contributed by atoms with Gasteiger partial charge in [-0.05, 0) is 12.1 Å². The van der Waals surface area contributed by atoms with Crippen LogP contribution in [0, 0.1) is 17.2 Å². The van der Waals surface area contributed by atoms with Crippen LogP contribution in [0.4, 0.5) is 4.39 Å². The molecule has 0 aliphatic carbocycles. The van der Waals surface area contributed by atoms with Crippen LogP contribution in [0.3, 0.4) is 0 Å². The number of carbonyl (C=O) groups is 2. The number of nitrogens with zero attached hydrogens (tertiary/aromatic N) is 1. The van der Waals surface area contributed by atoms with E-state index >= 15 is 0 Å². The normalized spacial score (nSPS) is 11.9. The molecule has 0 amide bonds. The van der Waals surface area contributed by atoms with E-state index in [1.807, 2.05) is 0 Å². The summed E-state index contributed by atoms with van der Waals surface area (Å²) in [6.45, 7) is 3.05. The molecule has 1 unspecified atom stereocenters. The SMILES string of the molecule is CC(C)C(=O)C(F)C(=O)c1ccccc1C#N. The fourth-order valence-electron chi connectivity index (χ4n) is 1.35. The van der Waals surface area contributed by atoms with Crippen molar-refractivity contribution in [1.82, 2.24) is 0 Å². The molecule has 0 aromatic heterocycles. The third-order valence-electron chi connectivity index (χ3n) is 2.36. The van der Waals surface area contributed by atoms with Crippen molar-refractivity contribution in [2.24, 2.45) is 5.92 Å². The van der Waals surface area contributed by atoms with E-state index in [1.54, 1.807) is 12.1 Å². The number of hydrogen-bond donors (Lipinski definition) is 0. The van der Waals surface area contributed by atoms with Gasteiger partial charge in [0, 0.05) is 11.5 Å². The number of rotatable bonds is 4. The largest absolute Gasteiger partial charge is 0.296 e. The van der Waals surface area contributed by atoms with Crippen LogP contribution >= 0.6 is 0 Å². The van der Waals surface area contributed by atoms with E-state index in [1.165, 1.54) is 32.0 Å². The van der Waals surface area contributed by atoms with Crippen molar-refractivity contribution >= 4 is 11.6 Å². The van der Waals surface area contributed by atoms with Crippen molar-refractivity contribution in [3.05, 3.63) is 35.4 Å². The van der Waals surface area contributed by atoms with Crippen molar-refractivity contribution in [2.45, 2.75) is 20.0 Å². The summed E-state index contributed by atoms with van der Waals surface area (Å²) >= 11 is 0. The number of Topliss-reactive ketones (excluding diaryl/α,β-unsaturated/α-hetero) is 2. The van der Waals surface area contributed by atoms with Gasteiger partial charge in [0.25, 0.3) is 0 Å². The highest BCUT2D eigenvalue weighted by atomic mass is 19.1. The quantitative estimate of drug-likeness (QED) is 0.592. The summed E-state index contributed by atoms with van der Waals surface area (Å²) in [6.07, 6.45) is -2.19. The number of alkyl halides is 1. The maximum absolute atomic E-state index is 13.6. The minimum Gasteiger partial charge on any atom is -0.296 e. The fourth-order valence-corrected chi connectivity index (χ4v) is 1.35. The molecule has 0 heterocycles. The van der Waals surface area contributed by atoms with Crippen LogP contribution in [-0.4, -0.2) is 17.7 Å². The third-order valence-corrected chi connectivity index (χ3v) is 2.36. The number of benzene rings is 1. The molecule has 17 heavy (non-hydrogen) atoms. The lowest BCUT2D eigenvalue weighted by Gasteiger charge is -2.09. The van der Waals surface area contributed by atoms with E-state index in [4.69, 9.17) is 5.26 Å². The topological polar surface area (TPSA) is 57.9 Å². The van der Waals surface area contributed by atoms with Crippen LogP contribution in [0.5, 0.6) is 0 Å². The molecule has 0 N–H and O–H groups in total. The molecule has 0 saturated heterocycles. The number of hydrogen-bond acceptors (Lipinski definition) is 3. The van der Waals surface area contributed by atoms with Crippen molar-refractivity contribution in [3.63, 3.8) is 0 Å². The van der Waals surface area contributed by atoms with Gasteiger partial charge >= 0.3 is 0 Å². The molecule has 3 nitrogen and oxygen atoms in total. The second-order valence-electron chi connectivity index (χ2n) is 3.94. The molecule has 0 fully saturated rings. The second kappa shape index (κ2) is 5.35. The van der Waals surface area contributed by atoms with Gasteiger partial charge in [0.15, 0.2) is 5.78 Å². The lowest BCUT2D eigenvalue weighted by Crippen LogP contribution is -2.29. The van der Waals surface area contributed by atoms with Gasteiger partial charge in [-0.3, -0.25) is 9.59 Å². The summed E-state index contributed by atoms with van der Waals surface area (Å²) in [7, 11) is 0. The second-order valence-corrected chi connectivity index (χ2v) is 3.94. The summed E-state index contributed by atoms with van der Waals surface area (Å²) in [5.74, 6) is -2.26. The van der Waals surface area contributed by atoms with Crippen LogP contribution in [0.2, 0.25) is 0 Å². The predicted molar refractivity (Wildman–Crippen MR) is 60.2 cm³/mol. The maximum Gasteiger partial charge on any atom is 0.221 e. The molecule has 0 bridgehead atoms. The molecule has 0 saturated carbocycles. The van der Waals surface area contributed by atoms with Gasteiger partial charge in [-0.15, -0.1) is 0 Å². The Hall–Kier alpha value is -2.02.